The van der Waals surface area contributed by atoms with E-state index in [2.05, 4.69) is 16.4 Å². The molecule has 10 heteroatoms. The SMILES string of the molecule is Cl.N#Cc1ccc(N2C=CC=CC2N2C[C@@H](N)N[C@@H](C(F)(F)F)C2)c2cccnc12. The van der Waals surface area contributed by atoms with Gasteiger partial charge in [0.05, 0.1) is 22.9 Å². The van der Waals surface area contributed by atoms with E-state index in [1.165, 1.54) is 0 Å². The largest absolute Gasteiger partial charge is 0.405 e. The van der Waals surface area contributed by atoms with Crippen LogP contribution in [0.25, 0.3) is 10.9 Å². The molecule has 3 heterocycles. The summed E-state index contributed by atoms with van der Waals surface area (Å²) in [6.07, 6.45) is 3.26. The van der Waals surface area contributed by atoms with Crippen LogP contribution in [0.15, 0.2) is 54.9 Å². The third-order valence-corrected chi connectivity index (χ3v) is 5.10. The number of fused-ring (bicyclic) bond motifs is 1. The molecule has 1 aromatic carbocycles. The fourth-order valence-electron chi connectivity index (χ4n) is 3.82. The number of benzene rings is 1. The Kier molecular flexibility index (Phi) is 6.33. The Labute approximate surface area is 177 Å². The highest BCUT2D eigenvalue weighted by Crippen LogP contribution is 2.33. The van der Waals surface area contributed by atoms with Gasteiger partial charge in [0.15, 0.2) is 0 Å². The molecule has 4 rings (SSSR count). The Bertz CT molecular complexity index is 1020. The summed E-state index contributed by atoms with van der Waals surface area (Å²) in [6, 6.07) is 7.52. The number of hydrogen-bond acceptors (Lipinski definition) is 6. The number of halogens is 4. The van der Waals surface area contributed by atoms with Gasteiger partial charge in [-0.2, -0.15) is 18.4 Å². The minimum absolute atomic E-state index is 0. The molecule has 3 atom stereocenters. The van der Waals surface area contributed by atoms with Gasteiger partial charge in [-0.05, 0) is 36.4 Å². The summed E-state index contributed by atoms with van der Waals surface area (Å²) in [5.74, 6) is 0. The molecule has 3 N–H and O–H groups in total. The van der Waals surface area contributed by atoms with Crippen LogP contribution in [0.4, 0.5) is 18.9 Å². The molecule has 2 aliphatic rings. The molecule has 0 radical (unpaired) electrons. The molecule has 1 unspecified atom stereocenters. The topological polar surface area (TPSA) is 81.2 Å². The molecule has 158 valence electrons. The minimum Gasteiger partial charge on any atom is -0.328 e. The molecule has 1 saturated heterocycles. The first-order valence-corrected chi connectivity index (χ1v) is 9.12. The molecule has 6 nitrogen and oxygen atoms in total. The van der Waals surface area contributed by atoms with Gasteiger partial charge in [0.1, 0.15) is 18.3 Å². The van der Waals surface area contributed by atoms with E-state index < -0.39 is 24.5 Å². The molecule has 1 aromatic heterocycles. The molecular weight excluding hydrogens is 417 g/mol. The fraction of sp³-hybridized carbons (Fsp3) is 0.300. The van der Waals surface area contributed by atoms with Gasteiger partial charge in [-0.3, -0.25) is 15.2 Å². The quantitative estimate of drug-likeness (QED) is 0.753. The zero-order chi connectivity index (χ0) is 20.6. The average molecular weight is 437 g/mol. The van der Waals surface area contributed by atoms with Crippen molar-refractivity contribution in [3.05, 3.63) is 60.5 Å². The van der Waals surface area contributed by atoms with Crippen LogP contribution < -0.4 is 16.0 Å². The molecule has 0 aliphatic carbocycles. The number of anilines is 1. The van der Waals surface area contributed by atoms with Crippen LogP contribution in [-0.2, 0) is 0 Å². The van der Waals surface area contributed by atoms with E-state index >= 15 is 0 Å². The maximum Gasteiger partial charge on any atom is 0.405 e. The minimum atomic E-state index is -4.39. The second kappa shape index (κ2) is 8.62. The van der Waals surface area contributed by atoms with Gasteiger partial charge in [-0.25, -0.2) is 0 Å². The lowest BCUT2D eigenvalue weighted by Crippen LogP contribution is -2.67. The number of hydrogen-bond donors (Lipinski definition) is 2. The highest BCUT2D eigenvalue weighted by molar-refractivity contribution is 5.95. The highest BCUT2D eigenvalue weighted by Gasteiger charge is 2.45. The van der Waals surface area contributed by atoms with Crippen molar-refractivity contribution in [3.63, 3.8) is 0 Å². The smallest absolute Gasteiger partial charge is 0.328 e. The average Bonchev–Trinajstić information content (AvgIpc) is 2.72. The first-order valence-electron chi connectivity index (χ1n) is 9.12. The van der Waals surface area contributed by atoms with Crippen LogP contribution >= 0.6 is 12.4 Å². The Morgan fingerprint density at radius 2 is 2.00 bits per heavy atom. The standard InChI is InChI=1S/C20H19F3N6.ClH/c21-20(22,23)16-11-28(12-17(25)27-16)18-5-1-2-9-29(18)15-7-6-13(10-24)19-14(15)4-3-8-26-19;/h1-9,16-18,27H,11-12,25H2;1H/t16-,17+,18?;/m1./s1. The summed E-state index contributed by atoms with van der Waals surface area (Å²) in [4.78, 5) is 7.91. The number of allylic oxidation sites excluding steroid dienone is 2. The van der Waals surface area contributed by atoms with Crippen LogP contribution in [-0.4, -0.2) is 47.5 Å². The monoisotopic (exact) mass is 436 g/mol. The first kappa shape index (κ1) is 22.1. The predicted molar refractivity (Wildman–Crippen MR) is 111 cm³/mol. The molecule has 1 fully saturated rings. The van der Waals surface area contributed by atoms with Crippen molar-refractivity contribution >= 4 is 29.0 Å². The van der Waals surface area contributed by atoms with E-state index in [4.69, 9.17) is 5.73 Å². The van der Waals surface area contributed by atoms with Crippen LogP contribution in [0.1, 0.15) is 5.56 Å². The first-order chi connectivity index (χ1) is 13.9. The second-order valence-electron chi connectivity index (χ2n) is 7.01. The Morgan fingerprint density at radius 3 is 2.73 bits per heavy atom. The van der Waals surface area contributed by atoms with Gasteiger partial charge in [-0.1, -0.05) is 6.08 Å². The zero-order valence-electron chi connectivity index (χ0n) is 15.8. The van der Waals surface area contributed by atoms with E-state index in [1.807, 2.05) is 29.3 Å². The van der Waals surface area contributed by atoms with E-state index in [9.17, 15) is 18.4 Å². The summed E-state index contributed by atoms with van der Waals surface area (Å²) >= 11 is 0. The number of aromatic nitrogens is 1. The normalized spacial score (nSPS) is 24.5. The number of nitrogens with two attached hydrogens (primary N) is 1. The Morgan fingerprint density at radius 1 is 1.20 bits per heavy atom. The summed E-state index contributed by atoms with van der Waals surface area (Å²) in [6.45, 7) is 0.0431. The summed E-state index contributed by atoms with van der Waals surface area (Å²) in [5.41, 5.74) is 7.63. The van der Waals surface area contributed by atoms with Crippen LogP contribution in [0.3, 0.4) is 0 Å². The van der Waals surface area contributed by atoms with E-state index in [-0.39, 0.29) is 25.5 Å². The molecule has 2 aliphatic heterocycles. The summed E-state index contributed by atoms with van der Waals surface area (Å²) < 4.78 is 40.0. The maximum atomic E-state index is 13.3. The van der Waals surface area contributed by atoms with Gasteiger partial charge in [0.2, 0.25) is 0 Å². The van der Waals surface area contributed by atoms with Crippen molar-refractivity contribution in [1.82, 2.24) is 15.2 Å². The van der Waals surface area contributed by atoms with Crippen molar-refractivity contribution in [2.75, 3.05) is 18.0 Å². The van der Waals surface area contributed by atoms with Gasteiger partial charge >= 0.3 is 6.18 Å². The highest BCUT2D eigenvalue weighted by atomic mass is 35.5. The van der Waals surface area contributed by atoms with Crippen molar-refractivity contribution in [1.29, 1.82) is 5.26 Å². The van der Waals surface area contributed by atoms with Crippen LogP contribution in [0, 0.1) is 11.3 Å². The number of rotatable bonds is 2. The second-order valence-corrected chi connectivity index (χ2v) is 7.01. The van der Waals surface area contributed by atoms with Crippen molar-refractivity contribution in [2.24, 2.45) is 5.73 Å². The van der Waals surface area contributed by atoms with Gasteiger partial charge in [0, 0.05) is 30.9 Å². The Balaban J connectivity index is 0.00000256. The molecule has 30 heavy (non-hydrogen) atoms. The number of nitrogens with one attached hydrogen (secondary N) is 1. The molecule has 0 bridgehead atoms. The number of nitriles is 1. The lowest BCUT2D eigenvalue weighted by Gasteiger charge is -2.45. The lowest BCUT2D eigenvalue weighted by molar-refractivity contribution is -0.169. The molecule has 0 amide bonds. The van der Waals surface area contributed by atoms with E-state index in [0.29, 0.717) is 11.1 Å². The molecule has 2 aromatic rings. The number of pyridine rings is 1. The fourth-order valence-corrected chi connectivity index (χ4v) is 3.82. The van der Waals surface area contributed by atoms with E-state index in [1.54, 1.807) is 35.4 Å². The zero-order valence-corrected chi connectivity index (χ0v) is 16.6. The maximum absolute atomic E-state index is 13.3. The molecular formula is C20H20ClF3N6. The molecule has 0 spiro atoms. The number of nitrogens with zero attached hydrogens (tertiary/aromatic N) is 4. The summed E-state index contributed by atoms with van der Waals surface area (Å²) in [5, 5.41) is 12.5. The third kappa shape index (κ3) is 4.13. The number of alkyl halides is 3. The predicted octanol–water partition coefficient (Wildman–Crippen LogP) is 2.87. The summed E-state index contributed by atoms with van der Waals surface area (Å²) in [7, 11) is 0. The van der Waals surface area contributed by atoms with Crippen LogP contribution in [0.5, 0.6) is 0 Å². The number of piperazine rings is 1. The van der Waals surface area contributed by atoms with Gasteiger partial charge < -0.3 is 10.6 Å². The van der Waals surface area contributed by atoms with Gasteiger partial charge in [0.25, 0.3) is 0 Å². The van der Waals surface area contributed by atoms with Crippen molar-refractivity contribution < 1.29 is 13.2 Å². The van der Waals surface area contributed by atoms with E-state index in [0.717, 1.165) is 11.1 Å². The molecule has 0 saturated carbocycles. The van der Waals surface area contributed by atoms with Crippen LogP contribution in [0.2, 0.25) is 0 Å². The Hall–Kier alpha value is -2.64. The van der Waals surface area contributed by atoms with Crippen molar-refractivity contribution in [3.8, 4) is 6.07 Å². The lowest BCUT2D eigenvalue weighted by atomic mass is 10.1. The van der Waals surface area contributed by atoms with Gasteiger partial charge in [-0.15, -0.1) is 12.4 Å². The third-order valence-electron chi connectivity index (χ3n) is 5.10. The van der Waals surface area contributed by atoms with Crippen molar-refractivity contribution in [2.45, 2.75) is 24.5 Å².